The Morgan fingerprint density at radius 3 is 1.58 bits per heavy atom. The number of rotatable bonds is 6. The van der Waals surface area contributed by atoms with Crippen molar-refractivity contribution in [2.75, 3.05) is 13.1 Å². The second-order valence-corrected chi connectivity index (χ2v) is 22.1. The van der Waals surface area contributed by atoms with Crippen LogP contribution in [0.2, 0.25) is 10.3 Å². The number of hydrogen-bond acceptors (Lipinski definition) is 4. The van der Waals surface area contributed by atoms with Crippen LogP contribution in [0.1, 0.15) is 11.1 Å². The maximum Gasteiger partial charge on any atom is 0.250 e. The van der Waals surface area contributed by atoms with Gasteiger partial charge in [0.15, 0.2) is 0 Å². The molecule has 0 bridgehead atoms. The van der Waals surface area contributed by atoms with Crippen LogP contribution < -0.4 is 24.3 Å². The molecule has 0 radical (unpaired) electrons. The number of hydrogen-bond donors (Lipinski definition) is 2. The fourth-order valence-electron chi connectivity index (χ4n) is 1.32. The fraction of sp³-hybridized carbons (Fsp3) is 0.375. The number of pyridine rings is 2. The molecule has 2 aromatic rings. The summed E-state index contributed by atoms with van der Waals surface area (Å²) >= 11 is 26.1. The summed E-state index contributed by atoms with van der Waals surface area (Å²) in [5.74, 6) is 0.490. The molecule has 4 nitrogen and oxygen atoms in total. The molecular weight excluding hydrogens is 1190 g/mol. The van der Waals surface area contributed by atoms with E-state index >= 15 is 0 Å². The van der Waals surface area contributed by atoms with Crippen LogP contribution in [-0.2, 0) is 12.4 Å². The molecule has 0 unspecified atom stereocenters. The Kier molecular flexibility index (Phi) is 43.5. The zero-order valence-corrected chi connectivity index (χ0v) is 31.7. The molecule has 3 N–H and O–H groups in total. The van der Waals surface area contributed by atoms with Gasteiger partial charge < -0.3 is 11.1 Å². The average Bonchev–Trinajstić information content (AvgIpc) is 2.78. The first kappa shape index (κ1) is 43.2. The third kappa shape index (κ3) is 35.2. The van der Waals surface area contributed by atoms with E-state index in [2.05, 4.69) is 95.5 Å². The maximum atomic E-state index is 11.7. The second-order valence-electron chi connectivity index (χ2n) is 4.81. The van der Waals surface area contributed by atoms with Gasteiger partial charge in [0.2, 0.25) is 0 Å². The molecule has 33 heavy (non-hydrogen) atoms. The van der Waals surface area contributed by atoms with Crippen molar-refractivity contribution < 1.29 is 30.8 Å². The maximum absolute atomic E-state index is 11.7. The SMILES string of the molecule is ClCc1ccc(Cl)nc1.FC(F)CNCc1ccc(Cl)nc1.I.II.I[I-]I.NCC(F)F. The molecule has 0 aromatic carbocycles. The minimum atomic E-state index is -2.34. The van der Waals surface area contributed by atoms with Crippen LogP contribution >= 0.6 is 133 Å². The molecule has 2 heterocycles. The summed E-state index contributed by atoms with van der Waals surface area (Å²) in [6, 6.07) is 6.94. The summed E-state index contributed by atoms with van der Waals surface area (Å²) < 4.78 is 44.7. The molecule has 0 amide bonds. The Hall–Kier alpha value is 3.19. The van der Waals surface area contributed by atoms with Gasteiger partial charge in [0.05, 0.1) is 13.1 Å². The minimum absolute atomic E-state index is 0. The third-order valence-electron chi connectivity index (χ3n) is 2.54. The van der Waals surface area contributed by atoms with Crippen LogP contribution in [0.25, 0.3) is 0 Å². The van der Waals surface area contributed by atoms with E-state index in [4.69, 9.17) is 34.8 Å². The van der Waals surface area contributed by atoms with E-state index < -0.39 is 19.4 Å². The van der Waals surface area contributed by atoms with E-state index in [-0.39, 0.29) is 30.5 Å². The summed E-state index contributed by atoms with van der Waals surface area (Å²) in [6.07, 6.45) is -1.44. The molecule has 0 saturated carbocycles. The van der Waals surface area contributed by atoms with Crippen molar-refractivity contribution in [3.63, 3.8) is 0 Å². The van der Waals surface area contributed by atoms with Gasteiger partial charge in [0.25, 0.3) is 12.9 Å². The standard InChI is InChI=1S/C8H9ClF2N2.C6H5Cl2N.C2H5F2N.I3.I2.HI/c9-7-2-1-6(4-13-7)3-12-5-8(10)11;7-3-5-1-2-6(8)9-4-5;3-2(4)1-5;1-3-2;1-2;/h1-2,4,8,12H,3,5H2;1-2,4H,3H2;2H,1,5H2;;;1H/q;;;-1;;. The average molecular weight is 1210 g/mol. The Bertz CT molecular complexity index is 639. The van der Waals surface area contributed by atoms with Gasteiger partial charge in [-0.3, -0.25) is 0 Å². The molecule has 0 atom stereocenters. The summed E-state index contributed by atoms with van der Waals surface area (Å²) in [5.41, 5.74) is 6.25. The predicted molar refractivity (Wildman–Crippen MR) is 172 cm³/mol. The van der Waals surface area contributed by atoms with Crippen LogP contribution in [0.4, 0.5) is 17.6 Å². The largest absolute Gasteiger partial charge is 0.325 e. The summed E-state index contributed by atoms with van der Waals surface area (Å²) in [7, 11) is 0. The van der Waals surface area contributed by atoms with E-state index in [1.165, 1.54) is 0 Å². The van der Waals surface area contributed by atoms with Gasteiger partial charge >= 0.3 is 50.5 Å². The molecule has 0 aliphatic rings. The second kappa shape index (κ2) is 33.2. The zero-order chi connectivity index (χ0) is 25.4. The van der Waals surface area contributed by atoms with Gasteiger partial charge in [0, 0.05) is 62.1 Å². The van der Waals surface area contributed by atoms with Crippen molar-refractivity contribution in [2.24, 2.45) is 5.73 Å². The quantitative estimate of drug-likeness (QED) is 0.163. The van der Waals surface area contributed by atoms with Gasteiger partial charge in [-0.2, -0.15) is 0 Å². The van der Waals surface area contributed by atoms with Gasteiger partial charge in [-0.15, -0.1) is 35.6 Å². The van der Waals surface area contributed by atoms with E-state index in [1.54, 1.807) is 30.6 Å². The van der Waals surface area contributed by atoms with Crippen LogP contribution in [0.5, 0.6) is 0 Å². The summed E-state index contributed by atoms with van der Waals surface area (Å²) in [6.45, 7) is -0.447. The normalized spacial score (nSPS) is 9.15. The molecule has 2 rings (SSSR count). The number of nitrogens with one attached hydrogen (secondary N) is 1. The van der Waals surface area contributed by atoms with E-state index in [0.717, 1.165) is 11.1 Å². The summed E-state index contributed by atoms with van der Waals surface area (Å²) in [5, 5.41) is 3.49. The van der Waals surface area contributed by atoms with Crippen molar-refractivity contribution in [3.05, 3.63) is 58.1 Å². The fourth-order valence-corrected chi connectivity index (χ4v) is 1.70. The molecule has 0 saturated heterocycles. The molecule has 2 aromatic heterocycles. The molecule has 0 aliphatic carbocycles. The molecule has 0 spiro atoms. The number of halogens is 13. The van der Waals surface area contributed by atoms with Crippen molar-refractivity contribution in [1.82, 2.24) is 15.3 Å². The third-order valence-corrected chi connectivity index (χ3v) is 3.29. The Labute approximate surface area is 276 Å². The predicted octanol–water partition coefficient (Wildman–Crippen LogP) is 5.94. The zero-order valence-electron chi connectivity index (χ0n) is 16.4. The molecule has 196 valence electrons. The van der Waals surface area contributed by atoms with Gasteiger partial charge in [-0.1, -0.05) is 35.3 Å². The minimum Gasteiger partial charge on any atom is -0.325 e. The first-order chi connectivity index (χ1) is 15.2. The van der Waals surface area contributed by atoms with Crippen LogP contribution in [0.15, 0.2) is 36.7 Å². The molecule has 0 fully saturated rings. The van der Waals surface area contributed by atoms with Crippen molar-refractivity contribution in [2.45, 2.75) is 25.3 Å². The first-order valence-corrected chi connectivity index (χ1v) is 28.1. The van der Waals surface area contributed by atoms with Crippen molar-refractivity contribution in [3.8, 4) is 0 Å². The van der Waals surface area contributed by atoms with Crippen LogP contribution in [0, 0.1) is 0 Å². The summed E-state index contributed by atoms with van der Waals surface area (Å²) in [4.78, 5) is 7.65. The van der Waals surface area contributed by atoms with E-state index in [1.807, 2.05) is 6.07 Å². The van der Waals surface area contributed by atoms with Gasteiger partial charge in [-0.25, -0.2) is 27.5 Å². The Morgan fingerprint density at radius 2 is 1.30 bits per heavy atom. The van der Waals surface area contributed by atoms with E-state index in [0.29, 0.717) is 36.0 Å². The molecular formula is C16H20Cl3F4I6N4-. The van der Waals surface area contributed by atoms with Gasteiger partial charge in [-0.05, 0) is 23.3 Å². The Balaban J connectivity index is -0.000000184. The monoisotopic (exact) mass is 1210 g/mol. The van der Waals surface area contributed by atoms with Crippen molar-refractivity contribution >= 4 is 133 Å². The smallest absolute Gasteiger partial charge is 0.250 e. The van der Waals surface area contributed by atoms with Crippen LogP contribution in [0.3, 0.4) is 0 Å². The Morgan fingerprint density at radius 1 is 0.909 bits per heavy atom. The molecule has 0 aliphatic heterocycles. The number of nitrogens with two attached hydrogens (primary N) is 1. The number of nitrogens with zero attached hydrogens (tertiary/aromatic N) is 2. The van der Waals surface area contributed by atoms with Crippen LogP contribution in [-0.4, -0.2) is 35.9 Å². The van der Waals surface area contributed by atoms with Crippen molar-refractivity contribution in [1.29, 1.82) is 0 Å². The van der Waals surface area contributed by atoms with Gasteiger partial charge in [0.1, 0.15) is 10.3 Å². The number of alkyl halides is 5. The first-order valence-electron chi connectivity index (χ1n) is 7.95. The topological polar surface area (TPSA) is 63.8 Å². The molecule has 17 heteroatoms. The van der Waals surface area contributed by atoms with E-state index in [9.17, 15) is 17.6 Å². The number of aromatic nitrogens is 2.